The van der Waals surface area contributed by atoms with Crippen LogP contribution in [0, 0.1) is 18.3 Å². The van der Waals surface area contributed by atoms with Gasteiger partial charge in [-0.05, 0) is 43.9 Å². The average molecular weight is 259 g/mol. The first-order valence-electron chi connectivity index (χ1n) is 7.70. The topological polar surface area (TPSA) is 29.0 Å². The van der Waals surface area contributed by atoms with E-state index in [9.17, 15) is 0 Å². The lowest BCUT2D eigenvalue weighted by molar-refractivity contribution is 0.328. The van der Waals surface area contributed by atoms with E-state index in [0.717, 1.165) is 24.0 Å². The molecule has 1 aliphatic heterocycles. The smallest absolute Gasteiger partial charge is 0.132 e. The number of aryl methyl sites for hydroxylation is 2. The molecule has 0 radical (unpaired) electrons. The van der Waals surface area contributed by atoms with Crippen LogP contribution in [0.4, 0.5) is 5.82 Å². The molecule has 3 heteroatoms. The Morgan fingerprint density at radius 2 is 2.21 bits per heavy atom. The Kier molecular flexibility index (Phi) is 3.23. The zero-order valence-corrected chi connectivity index (χ0v) is 12.4. The van der Waals surface area contributed by atoms with E-state index in [-0.39, 0.29) is 0 Å². The second kappa shape index (κ2) is 4.77. The van der Waals surface area contributed by atoms with Crippen LogP contribution in [-0.4, -0.2) is 23.1 Å². The Balaban J connectivity index is 1.79. The van der Waals surface area contributed by atoms with E-state index in [4.69, 9.17) is 0 Å². The molecule has 1 spiro atoms. The fourth-order valence-corrected chi connectivity index (χ4v) is 3.95. The van der Waals surface area contributed by atoms with Crippen LogP contribution in [0.2, 0.25) is 0 Å². The van der Waals surface area contributed by atoms with Gasteiger partial charge < -0.3 is 4.90 Å². The van der Waals surface area contributed by atoms with Crippen molar-refractivity contribution in [3.8, 4) is 0 Å². The van der Waals surface area contributed by atoms with Gasteiger partial charge in [-0.1, -0.05) is 20.3 Å². The van der Waals surface area contributed by atoms with E-state index in [1.54, 1.807) is 0 Å². The molecule has 1 aromatic rings. The monoisotopic (exact) mass is 259 g/mol. The van der Waals surface area contributed by atoms with Gasteiger partial charge in [0.15, 0.2) is 0 Å². The molecule has 0 N–H and O–H groups in total. The molecule has 1 saturated heterocycles. The van der Waals surface area contributed by atoms with Gasteiger partial charge >= 0.3 is 0 Å². The maximum absolute atomic E-state index is 4.65. The van der Waals surface area contributed by atoms with E-state index in [2.05, 4.69) is 34.8 Å². The Morgan fingerprint density at radius 1 is 1.37 bits per heavy atom. The van der Waals surface area contributed by atoms with Crippen molar-refractivity contribution in [1.82, 2.24) is 9.97 Å². The second-order valence-corrected chi connectivity index (χ2v) is 6.64. The summed E-state index contributed by atoms with van der Waals surface area (Å²) in [5, 5.41) is 0. The highest BCUT2D eigenvalue weighted by atomic mass is 15.2. The van der Waals surface area contributed by atoms with E-state index < -0.39 is 0 Å². The molecule has 2 fully saturated rings. The van der Waals surface area contributed by atoms with Crippen LogP contribution in [0.15, 0.2) is 6.07 Å². The highest BCUT2D eigenvalue weighted by Crippen LogP contribution is 2.48. The van der Waals surface area contributed by atoms with Crippen molar-refractivity contribution in [2.75, 3.05) is 18.0 Å². The van der Waals surface area contributed by atoms with Gasteiger partial charge in [-0.2, -0.15) is 0 Å². The summed E-state index contributed by atoms with van der Waals surface area (Å²) in [6.45, 7) is 8.95. The van der Waals surface area contributed by atoms with Gasteiger partial charge in [0.1, 0.15) is 11.6 Å². The summed E-state index contributed by atoms with van der Waals surface area (Å²) in [4.78, 5) is 11.6. The molecular weight excluding hydrogens is 234 g/mol. The molecule has 2 unspecified atom stereocenters. The molecule has 0 bridgehead atoms. The molecule has 1 aliphatic carbocycles. The van der Waals surface area contributed by atoms with Gasteiger partial charge in [-0.15, -0.1) is 0 Å². The van der Waals surface area contributed by atoms with Gasteiger partial charge in [0.25, 0.3) is 0 Å². The number of anilines is 1. The zero-order valence-electron chi connectivity index (χ0n) is 12.4. The van der Waals surface area contributed by atoms with Crippen molar-refractivity contribution in [2.45, 2.75) is 52.9 Å². The lowest BCUT2D eigenvalue weighted by Gasteiger charge is -2.24. The molecule has 3 rings (SSSR count). The summed E-state index contributed by atoms with van der Waals surface area (Å²) in [7, 11) is 0. The normalized spacial score (nSPS) is 30.5. The lowest BCUT2D eigenvalue weighted by Crippen LogP contribution is -2.26. The minimum atomic E-state index is 0.588. The molecule has 2 atom stereocenters. The second-order valence-electron chi connectivity index (χ2n) is 6.64. The summed E-state index contributed by atoms with van der Waals surface area (Å²) < 4.78 is 0. The molecule has 104 valence electrons. The number of hydrogen-bond donors (Lipinski definition) is 0. The average Bonchev–Trinajstić information content (AvgIpc) is 2.96. The van der Waals surface area contributed by atoms with E-state index in [0.29, 0.717) is 5.41 Å². The molecule has 0 amide bonds. The van der Waals surface area contributed by atoms with Gasteiger partial charge in [0.2, 0.25) is 0 Å². The number of rotatable bonds is 2. The summed E-state index contributed by atoms with van der Waals surface area (Å²) >= 11 is 0. The Labute approximate surface area is 116 Å². The van der Waals surface area contributed by atoms with Crippen LogP contribution in [-0.2, 0) is 6.42 Å². The SMILES string of the molecule is CCc1cc(N2CCC3(CCC(C)C3)C2)nc(C)n1. The van der Waals surface area contributed by atoms with Gasteiger partial charge in [-0.3, -0.25) is 0 Å². The molecule has 1 aromatic heterocycles. The lowest BCUT2D eigenvalue weighted by atomic mass is 9.85. The first kappa shape index (κ1) is 12.9. The van der Waals surface area contributed by atoms with Crippen LogP contribution in [0.1, 0.15) is 51.0 Å². The Hall–Kier alpha value is -1.12. The summed E-state index contributed by atoms with van der Waals surface area (Å²) in [6.07, 6.45) is 6.58. The van der Waals surface area contributed by atoms with Crippen LogP contribution < -0.4 is 4.90 Å². The first-order chi connectivity index (χ1) is 9.10. The molecule has 2 aliphatic rings. The van der Waals surface area contributed by atoms with E-state index >= 15 is 0 Å². The largest absolute Gasteiger partial charge is 0.356 e. The minimum absolute atomic E-state index is 0.588. The predicted molar refractivity (Wildman–Crippen MR) is 78.4 cm³/mol. The van der Waals surface area contributed by atoms with E-state index in [1.807, 2.05) is 6.92 Å². The van der Waals surface area contributed by atoms with Crippen molar-refractivity contribution < 1.29 is 0 Å². The predicted octanol–water partition coefficient (Wildman–Crippen LogP) is 3.36. The molecule has 3 nitrogen and oxygen atoms in total. The fraction of sp³-hybridized carbons (Fsp3) is 0.750. The molecule has 0 aromatic carbocycles. The van der Waals surface area contributed by atoms with Gasteiger partial charge in [-0.25, -0.2) is 9.97 Å². The Bertz CT molecular complexity index is 471. The van der Waals surface area contributed by atoms with Crippen LogP contribution in [0.5, 0.6) is 0 Å². The van der Waals surface area contributed by atoms with Crippen molar-refractivity contribution in [2.24, 2.45) is 11.3 Å². The number of nitrogens with zero attached hydrogens (tertiary/aromatic N) is 3. The highest BCUT2D eigenvalue weighted by Gasteiger charge is 2.43. The third-order valence-corrected chi connectivity index (χ3v) is 4.95. The molecule has 2 heterocycles. The highest BCUT2D eigenvalue weighted by molar-refractivity contribution is 5.42. The first-order valence-corrected chi connectivity index (χ1v) is 7.70. The number of aromatic nitrogens is 2. The number of hydrogen-bond acceptors (Lipinski definition) is 3. The van der Waals surface area contributed by atoms with Gasteiger partial charge in [0.05, 0.1) is 0 Å². The Morgan fingerprint density at radius 3 is 2.89 bits per heavy atom. The molecule has 19 heavy (non-hydrogen) atoms. The standard InChI is InChI=1S/C16H25N3/c1-4-14-9-15(18-13(3)17-14)19-8-7-16(11-19)6-5-12(2)10-16/h9,12H,4-8,10-11H2,1-3H3. The maximum atomic E-state index is 4.65. The summed E-state index contributed by atoms with van der Waals surface area (Å²) in [6, 6.07) is 2.18. The van der Waals surface area contributed by atoms with Crippen molar-refractivity contribution in [1.29, 1.82) is 0 Å². The minimum Gasteiger partial charge on any atom is -0.356 e. The van der Waals surface area contributed by atoms with Crippen molar-refractivity contribution in [3.05, 3.63) is 17.6 Å². The van der Waals surface area contributed by atoms with Crippen molar-refractivity contribution in [3.63, 3.8) is 0 Å². The fourth-order valence-electron chi connectivity index (χ4n) is 3.95. The van der Waals surface area contributed by atoms with Crippen LogP contribution >= 0.6 is 0 Å². The summed E-state index contributed by atoms with van der Waals surface area (Å²) in [5.41, 5.74) is 1.76. The maximum Gasteiger partial charge on any atom is 0.132 e. The van der Waals surface area contributed by atoms with Crippen LogP contribution in [0.3, 0.4) is 0 Å². The molecular formula is C16H25N3. The molecule has 1 saturated carbocycles. The summed E-state index contributed by atoms with van der Waals surface area (Å²) in [5.74, 6) is 2.98. The van der Waals surface area contributed by atoms with E-state index in [1.165, 1.54) is 44.5 Å². The van der Waals surface area contributed by atoms with Crippen LogP contribution in [0.25, 0.3) is 0 Å². The third kappa shape index (κ3) is 2.47. The third-order valence-electron chi connectivity index (χ3n) is 4.95. The quantitative estimate of drug-likeness (QED) is 0.815. The van der Waals surface area contributed by atoms with Crippen molar-refractivity contribution >= 4 is 5.82 Å². The van der Waals surface area contributed by atoms with Gasteiger partial charge in [0, 0.05) is 24.8 Å². The zero-order chi connectivity index (χ0) is 13.5.